The molecule has 0 radical (unpaired) electrons. The van der Waals surface area contributed by atoms with E-state index in [-0.39, 0.29) is 23.8 Å². The van der Waals surface area contributed by atoms with E-state index in [1.807, 2.05) is 18.7 Å². The molecule has 2 rings (SSSR count). The summed E-state index contributed by atoms with van der Waals surface area (Å²) in [7, 11) is 0. The fourth-order valence-corrected chi connectivity index (χ4v) is 4.13. The van der Waals surface area contributed by atoms with E-state index < -0.39 is 11.4 Å². The van der Waals surface area contributed by atoms with Crippen LogP contribution in [-0.4, -0.2) is 65.5 Å². The van der Waals surface area contributed by atoms with Crippen molar-refractivity contribution >= 4 is 17.9 Å². The molecule has 7 heteroatoms. The molecule has 2 aliphatic rings. The second-order valence-electron chi connectivity index (χ2n) is 8.92. The zero-order chi connectivity index (χ0) is 20.2. The molecule has 2 unspecified atom stereocenters. The van der Waals surface area contributed by atoms with Crippen LogP contribution in [0.3, 0.4) is 0 Å². The monoisotopic (exact) mass is 381 g/mol. The van der Waals surface area contributed by atoms with Gasteiger partial charge in [0.1, 0.15) is 0 Å². The maximum absolute atomic E-state index is 12.8. The van der Waals surface area contributed by atoms with E-state index in [0.29, 0.717) is 44.9 Å². The predicted octanol–water partition coefficient (Wildman–Crippen LogP) is 2.41. The van der Waals surface area contributed by atoms with Gasteiger partial charge in [0.25, 0.3) is 0 Å². The topological polar surface area (TPSA) is 90.0 Å². The van der Waals surface area contributed by atoms with Gasteiger partial charge in [-0.25, -0.2) is 4.79 Å². The number of carboxylic acids is 1. The summed E-state index contributed by atoms with van der Waals surface area (Å²) < 4.78 is 0. The fourth-order valence-electron chi connectivity index (χ4n) is 4.13. The zero-order valence-electron chi connectivity index (χ0n) is 17.2. The van der Waals surface area contributed by atoms with E-state index in [1.165, 1.54) is 0 Å². The highest BCUT2D eigenvalue weighted by molar-refractivity contribution is 5.81. The van der Waals surface area contributed by atoms with Crippen molar-refractivity contribution in [1.29, 1.82) is 0 Å². The highest BCUT2D eigenvalue weighted by Gasteiger charge is 2.48. The number of piperidine rings is 1. The average Bonchev–Trinajstić information content (AvgIpc) is 3.07. The summed E-state index contributed by atoms with van der Waals surface area (Å²) in [5.74, 6) is -0.244. The molecule has 0 aromatic heterocycles. The van der Waals surface area contributed by atoms with Crippen molar-refractivity contribution in [2.24, 2.45) is 23.2 Å². The van der Waals surface area contributed by atoms with Gasteiger partial charge in [-0.3, -0.25) is 9.59 Å². The Bertz CT molecular complexity index is 563. The standard InChI is InChI=1S/C20H35N3O4/c1-14(2)11-21-19(27)22-8-5-6-16(12-22)10-17(24)23-9-7-20(13-23,15(3)4)18(25)26/h14-16H,5-13H2,1-4H3,(H,21,27)(H,25,26). The predicted molar refractivity (Wildman–Crippen MR) is 103 cm³/mol. The number of rotatable bonds is 6. The van der Waals surface area contributed by atoms with Crippen LogP contribution in [-0.2, 0) is 9.59 Å². The number of hydrogen-bond donors (Lipinski definition) is 2. The Morgan fingerprint density at radius 1 is 1.15 bits per heavy atom. The molecule has 0 aliphatic carbocycles. The van der Waals surface area contributed by atoms with Gasteiger partial charge in [0.2, 0.25) is 5.91 Å². The molecule has 7 nitrogen and oxygen atoms in total. The first-order chi connectivity index (χ1) is 12.7. The third kappa shape index (κ3) is 5.14. The van der Waals surface area contributed by atoms with E-state index >= 15 is 0 Å². The lowest BCUT2D eigenvalue weighted by molar-refractivity contribution is -0.151. The van der Waals surface area contributed by atoms with Gasteiger partial charge in [-0.15, -0.1) is 0 Å². The lowest BCUT2D eigenvalue weighted by Gasteiger charge is -2.34. The van der Waals surface area contributed by atoms with Gasteiger partial charge in [0, 0.05) is 39.1 Å². The van der Waals surface area contributed by atoms with Crippen LogP contribution in [0.4, 0.5) is 4.79 Å². The second-order valence-corrected chi connectivity index (χ2v) is 8.92. The van der Waals surface area contributed by atoms with E-state index in [4.69, 9.17) is 0 Å². The number of aliphatic carboxylic acids is 1. The van der Waals surface area contributed by atoms with Crippen LogP contribution >= 0.6 is 0 Å². The largest absolute Gasteiger partial charge is 0.481 e. The Labute approximate surface area is 162 Å². The number of carbonyl (C=O) groups excluding carboxylic acids is 2. The number of carboxylic acid groups (broad SMARTS) is 1. The third-order valence-corrected chi connectivity index (χ3v) is 6.12. The molecule has 2 N–H and O–H groups in total. The molecular weight excluding hydrogens is 346 g/mol. The summed E-state index contributed by atoms with van der Waals surface area (Å²) in [6.07, 6.45) is 2.74. The van der Waals surface area contributed by atoms with E-state index in [0.717, 1.165) is 19.4 Å². The van der Waals surface area contributed by atoms with E-state index in [2.05, 4.69) is 19.2 Å². The molecule has 2 saturated heterocycles. The fraction of sp³-hybridized carbons (Fsp3) is 0.850. The highest BCUT2D eigenvalue weighted by Crippen LogP contribution is 2.38. The normalized spacial score (nSPS) is 25.9. The van der Waals surface area contributed by atoms with Gasteiger partial charge in [0.15, 0.2) is 0 Å². The molecule has 0 saturated carbocycles. The maximum atomic E-state index is 12.8. The SMILES string of the molecule is CC(C)CNC(=O)N1CCCC(CC(=O)N2CCC(C(=O)O)(C(C)C)C2)C1. The summed E-state index contributed by atoms with van der Waals surface area (Å²) in [4.78, 5) is 40.3. The van der Waals surface area contributed by atoms with Crippen molar-refractivity contribution in [1.82, 2.24) is 15.1 Å². The molecule has 154 valence electrons. The first-order valence-corrected chi connectivity index (χ1v) is 10.2. The molecule has 2 aliphatic heterocycles. The Balaban J connectivity index is 1.88. The Morgan fingerprint density at radius 2 is 1.85 bits per heavy atom. The minimum atomic E-state index is -0.828. The minimum Gasteiger partial charge on any atom is -0.481 e. The number of likely N-dealkylation sites (tertiary alicyclic amines) is 2. The quantitative estimate of drug-likeness (QED) is 0.739. The number of amides is 3. The van der Waals surface area contributed by atoms with E-state index in [1.54, 1.807) is 4.90 Å². The Hall–Kier alpha value is -1.79. The van der Waals surface area contributed by atoms with Gasteiger partial charge in [-0.1, -0.05) is 27.7 Å². The summed E-state index contributed by atoms with van der Waals surface area (Å²) >= 11 is 0. The van der Waals surface area contributed by atoms with Crippen LogP contribution in [0.15, 0.2) is 0 Å². The molecule has 0 bridgehead atoms. The summed E-state index contributed by atoms with van der Waals surface area (Å²) in [5, 5.41) is 12.6. The molecule has 2 heterocycles. The summed E-state index contributed by atoms with van der Waals surface area (Å²) in [5.41, 5.74) is -0.828. The average molecular weight is 382 g/mol. The second kappa shape index (κ2) is 8.93. The molecule has 0 aromatic carbocycles. The molecule has 27 heavy (non-hydrogen) atoms. The number of nitrogens with zero attached hydrogens (tertiary/aromatic N) is 2. The third-order valence-electron chi connectivity index (χ3n) is 6.12. The molecule has 0 spiro atoms. The van der Waals surface area contributed by atoms with Crippen LogP contribution in [0.2, 0.25) is 0 Å². The van der Waals surface area contributed by atoms with Crippen LogP contribution in [0.1, 0.15) is 53.4 Å². The number of hydrogen-bond acceptors (Lipinski definition) is 3. The van der Waals surface area contributed by atoms with Crippen molar-refractivity contribution in [3.63, 3.8) is 0 Å². The van der Waals surface area contributed by atoms with Crippen molar-refractivity contribution in [3.8, 4) is 0 Å². The first kappa shape index (κ1) is 21.5. The van der Waals surface area contributed by atoms with Gasteiger partial charge < -0.3 is 20.2 Å². The molecule has 2 atom stereocenters. The Kier molecular flexibility index (Phi) is 7.12. The van der Waals surface area contributed by atoms with Crippen molar-refractivity contribution in [3.05, 3.63) is 0 Å². The summed E-state index contributed by atoms with van der Waals surface area (Å²) in [6, 6.07) is -0.0493. The first-order valence-electron chi connectivity index (χ1n) is 10.2. The van der Waals surface area contributed by atoms with Crippen LogP contribution < -0.4 is 5.32 Å². The number of nitrogens with one attached hydrogen (secondary N) is 1. The lowest BCUT2D eigenvalue weighted by atomic mass is 9.76. The molecule has 3 amide bonds. The maximum Gasteiger partial charge on any atom is 0.317 e. The molecular formula is C20H35N3O4. The van der Waals surface area contributed by atoms with Gasteiger partial charge >= 0.3 is 12.0 Å². The van der Waals surface area contributed by atoms with Crippen molar-refractivity contribution < 1.29 is 19.5 Å². The molecule has 2 fully saturated rings. The van der Waals surface area contributed by atoms with Crippen LogP contribution in [0.25, 0.3) is 0 Å². The molecule has 0 aromatic rings. The zero-order valence-corrected chi connectivity index (χ0v) is 17.2. The minimum absolute atomic E-state index is 0.0115. The highest BCUT2D eigenvalue weighted by atomic mass is 16.4. The summed E-state index contributed by atoms with van der Waals surface area (Å²) in [6.45, 7) is 10.7. The van der Waals surface area contributed by atoms with Gasteiger partial charge in [-0.05, 0) is 37.0 Å². The van der Waals surface area contributed by atoms with Gasteiger partial charge in [0.05, 0.1) is 5.41 Å². The number of urea groups is 1. The smallest absolute Gasteiger partial charge is 0.317 e. The van der Waals surface area contributed by atoms with Crippen molar-refractivity contribution in [2.45, 2.75) is 53.4 Å². The van der Waals surface area contributed by atoms with E-state index in [9.17, 15) is 19.5 Å². The van der Waals surface area contributed by atoms with Crippen LogP contribution in [0, 0.1) is 23.2 Å². The number of carbonyl (C=O) groups is 3. The van der Waals surface area contributed by atoms with Crippen molar-refractivity contribution in [2.75, 3.05) is 32.7 Å². The lowest BCUT2D eigenvalue weighted by Crippen LogP contribution is -2.47. The van der Waals surface area contributed by atoms with Gasteiger partial charge in [-0.2, -0.15) is 0 Å². The Morgan fingerprint density at radius 3 is 2.41 bits per heavy atom. The van der Waals surface area contributed by atoms with Crippen LogP contribution in [0.5, 0.6) is 0 Å².